The van der Waals surface area contributed by atoms with Crippen LogP contribution in [0, 0.1) is 0 Å². The molecule has 26 heavy (non-hydrogen) atoms. The highest BCUT2D eigenvalue weighted by molar-refractivity contribution is 5.94. The van der Waals surface area contributed by atoms with E-state index in [4.69, 9.17) is 10.5 Å². The molecule has 0 aromatic heterocycles. The Labute approximate surface area is 160 Å². The highest BCUT2D eigenvalue weighted by Gasteiger charge is 2.26. The lowest BCUT2D eigenvalue weighted by atomic mass is 10.0. The van der Waals surface area contributed by atoms with E-state index >= 15 is 0 Å². The first-order chi connectivity index (χ1) is 12.2. The zero-order valence-electron chi connectivity index (χ0n) is 15.0. The van der Waals surface area contributed by atoms with Gasteiger partial charge in [-0.3, -0.25) is 9.69 Å². The Kier molecular flexibility index (Phi) is 7.30. The molecule has 2 aromatic rings. The minimum atomic E-state index is -0.0842. The summed E-state index contributed by atoms with van der Waals surface area (Å²) in [6.45, 7) is 2.63. The number of amides is 1. The number of likely N-dealkylation sites (tertiary alicyclic amines) is 1. The van der Waals surface area contributed by atoms with Crippen LogP contribution in [0.25, 0.3) is 0 Å². The van der Waals surface area contributed by atoms with Crippen LogP contribution >= 0.6 is 12.4 Å². The zero-order chi connectivity index (χ0) is 17.6. The van der Waals surface area contributed by atoms with Gasteiger partial charge in [-0.15, -0.1) is 12.4 Å². The molecule has 5 nitrogen and oxygen atoms in total. The molecule has 0 spiro atoms. The summed E-state index contributed by atoms with van der Waals surface area (Å²) in [6.07, 6.45) is 2.38. The Bertz CT molecular complexity index is 715. The van der Waals surface area contributed by atoms with Gasteiger partial charge in [-0.2, -0.15) is 0 Å². The average molecular weight is 376 g/mol. The summed E-state index contributed by atoms with van der Waals surface area (Å²) in [4.78, 5) is 14.9. The van der Waals surface area contributed by atoms with E-state index < -0.39 is 0 Å². The van der Waals surface area contributed by atoms with Crippen molar-refractivity contribution in [1.82, 2.24) is 10.2 Å². The Hall–Kier alpha value is -2.24. The number of para-hydroxylation sites is 1. The Morgan fingerprint density at radius 2 is 1.81 bits per heavy atom. The fourth-order valence-corrected chi connectivity index (χ4v) is 3.36. The van der Waals surface area contributed by atoms with E-state index in [9.17, 15) is 4.79 Å². The number of carbonyl (C=O) groups is 1. The van der Waals surface area contributed by atoms with E-state index in [2.05, 4.69) is 16.3 Å². The number of halogens is 1. The highest BCUT2D eigenvalue weighted by Crippen LogP contribution is 2.31. The number of anilines is 1. The zero-order valence-corrected chi connectivity index (χ0v) is 15.8. The van der Waals surface area contributed by atoms with E-state index in [0.29, 0.717) is 17.8 Å². The summed E-state index contributed by atoms with van der Waals surface area (Å²) in [6, 6.07) is 15.1. The first-order valence-electron chi connectivity index (χ1n) is 8.70. The largest absolute Gasteiger partial charge is 0.496 e. The smallest absolute Gasteiger partial charge is 0.251 e. The molecule has 3 rings (SSSR count). The first-order valence-corrected chi connectivity index (χ1v) is 8.70. The number of nitrogens with two attached hydrogens (primary N) is 1. The fourth-order valence-electron chi connectivity index (χ4n) is 3.36. The van der Waals surface area contributed by atoms with Gasteiger partial charge in [0.2, 0.25) is 0 Å². The molecule has 1 atom stereocenters. The lowest BCUT2D eigenvalue weighted by Crippen LogP contribution is -2.37. The molecular formula is C20H26ClN3O2. The van der Waals surface area contributed by atoms with E-state index in [1.807, 2.05) is 18.2 Å². The van der Waals surface area contributed by atoms with Gasteiger partial charge in [0.15, 0.2) is 0 Å². The van der Waals surface area contributed by atoms with Crippen LogP contribution in [0.15, 0.2) is 48.5 Å². The van der Waals surface area contributed by atoms with Crippen LogP contribution in [0.2, 0.25) is 0 Å². The predicted octanol–water partition coefficient (Wildman–Crippen LogP) is 3.27. The topological polar surface area (TPSA) is 67.6 Å². The molecule has 0 bridgehead atoms. The van der Waals surface area contributed by atoms with Crippen molar-refractivity contribution in [3.63, 3.8) is 0 Å². The number of nitrogens with zero attached hydrogens (tertiary/aromatic N) is 1. The SMILES string of the molecule is COc1ccccc1C(CNC(=O)c1ccc(N)cc1)N1CCCC1.Cl. The van der Waals surface area contributed by atoms with Gasteiger partial charge < -0.3 is 15.8 Å². The number of ether oxygens (including phenoxy) is 1. The van der Waals surface area contributed by atoms with Gasteiger partial charge >= 0.3 is 0 Å². The Balaban J connectivity index is 0.00000243. The van der Waals surface area contributed by atoms with Gasteiger partial charge in [0.25, 0.3) is 5.91 Å². The van der Waals surface area contributed by atoms with Crippen LogP contribution < -0.4 is 15.8 Å². The molecule has 1 aliphatic heterocycles. The molecule has 140 valence electrons. The molecule has 1 heterocycles. The highest BCUT2D eigenvalue weighted by atomic mass is 35.5. The molecule has 0 radical (unpaired) electrons. The first kappa shape index (κ1) is 20.1. The van der Waals surface area contributed by atoms with E-state index in [0.717, 1.165) is 24.4 Å². The minimum absolute atomic E-state index is 0. The molecule has 6 heteroatoms. The van der Waals surface area contributed by atoms with Crippen LogP contribution in [0.1, 0.15) is 34.8 Å². The van der Waals surface area contributed by atoms with Crippen LogP contribution in [0.4, 0.5) is 5.69 Å². The molecule has 1 aliphatic rings. The van der Waals surface area contributed by atoms with Gasteiger partial charge in [-0.05, 0) is 56.3 Å². The van der Waals surface area contributed by atoms with Crippen LogP contribution in [-0.2, 0) is 0 Å². The summed E-state index contributed by atoms with van der Waals surface area (Å²) in [7, 11) is 1.69. The second-order valence-corrected chi connectivity index (χ2v) is 6.33. The van der Waals surface area contributed by atoms with Crippen molar-refractivity contribution in [3.05, 3.63) is 59.7 Å². The van der Waals surface area contributed by atoms with Crippen molar-refractivity contribution < 1.29 is 9.53 Å². The molecule has 1 fully saturated rings. The number of hydrogen-bond acceptors (Lipinski definition) is 4. The molecule has 1 saturated heterocycles. The molecule has 0 saturated carbocycles. The minimum Gasteiger partial charge on any atom is -0.496 e. The number of nitrogens with one attached hydrogen (secondary N) is 1. The van der Waals surface area contributed by atoms with Crippen molar-refractivity contribution in [2.24, 2.45) is 0 Å². The number of hydrogen-bond donors (Lipinski definition) is 2. The van der Waals surface area contributed by atoms with Crippen LogP contribution in [0.3, 0.4) is 0 Å². The molecular weight excluding hydrogens is 350 g/mol. The van der Waals surface area contributed by atoms with E-state index in [1.54, 1.807) is 31.4 Å². The molecule has 1 unspecified atom stereocenters. The third-order valence-corrected chi connectivity index (χ3v) is 4.71. The fraction of sp³-hybridized carbons (Fsp3) is 0.350. The van der Waals surface area contributed by atoms with E-state index in [1.165, 1.54) is 12.8 Å². The summed E-state index contributed by atoms with van der Waals surface area (Å²) in [5, 5.41) is 3.07. The predicted molar refractivity (Wildman–Crippen MR) is 107 cm³/mol. The van der Waals surface area contributed by atoms with Crippen molar-refractivity contribution in [2.75, 3.05) is 32.5 Å². The molecule has 3 N–H and O–H groups in total. The van der Waals surface area contributed by atoms with Crippen molar-refractivity contribution in [1.29, 1.82) is 0 Å². The third kappa shape index (κ3) is 4.68. The summed E-state index contributed by atoms with van der Waals surface area (Å²) in [5.74, 6) is 0.778. The molecule has 0 aliphatic carbocycles. The summed E-state index contributed by atoms with van der Waals surface area (Å²) in [5.41, 5.74) is 8.08. The maximum absolute atomic E-state index is 12.5. The lowest BCUT2D eigenvalue weighted by Gasteiger charge is -2.29. The summed E-state index contributed by atoms with van der Waals surface area (Å²) >= 11 is 0. The maximum Gasteiger partial charge on any atom is 0.251 e. The number of rotatable bonds is 6. The average Bonchev–Trinajstić information content (AvgIpc) is 3.17. The normalized spacial score (nSPS) is 15.1. The van der Waals surface area contributed by atoms with Crippen LogP contribution in [0.5, 0.6) is 5.75 Å². The molecule has 2 aromatic carbocycles. The van der Waals surface area contributed by atoms with Crippen molar-refractivity contribution >= 4 is 24.0 Å². The number of methoxy groups -OCH3 is 1. The number of benzene rings is 2. The van der Waals surface area contributed by atoms with Gasteiger partial charge in [-0.25, -0.2) is 0 Å². The third-order valence-electron chi connectivity index (χ3n) is 4.71. The lowest BCUT2D eigenvalue weighted by molar-refractivity contribution is 0.0937. The second kappa shape index (κ2) is 9.46. The van der Waals surface area contributed by atoms with E-state index in [-0.39, 0.29) is 24.4 Å². The Morgan fingerprint density at radius 3 is 2.46 bits per heavy atom. The maximum atomic E-state index is 12.5. The summed E-state index contributed by atoms with van der Waals surface area (Å²) < 4.78 is 5.54. The van der Waals surface area contributed by atoms with Gasteiger partial charge in [0, 0.05) is 23.4 Å². The van der Waals surface area contributed by atoms with Gasteiger partial charge in [0.1, 0.15) is 5.75 Å². The van der Waals surface area contributed by atoms with Crippen LogP contribution in [-0.4, -0.2) is 37.6 Å². The van der Waals surface area contributed by atoms with Gasteiger partial charge in [0.05, 0.1) is 13.2 Å². The second-order valence-electron chi connectivity index (χ2n) is 6.33. The van der Waals surface area contributed by atoms with Crippen molar-refractivity contribution in [3.8, 4) is 5.75 Å². The molecule has 1 amide bonds. The Morgan fingerprint density at radius 1 is 1.15 bits per heavy atom. The van der Waals surface area contributed by atoms with Crippen molar-refractivity contribution in [2.45, 2.75) is 18.9 Å². The quantitative estimate of drug-likeness (QED) is 0.760. The number of carbonyl (C=O) groups excluding carboxylic acids is 1. The standard InChI is InChI=1S/C20H25N3O2.ClH/c1-25-19-7-3-2-6-17(19)18(23-12-4-5-13-23)14-22-20(24)15-8-10-16(21)11-9-15;/h2-3,6-11,18H,4-5,12-14,21H2,1H3,(H,22,24);1H. The monoisotopic (exact) mass is 375 g/mol. The number of nitrogen functional groups attached to an aromatic ring is 1. The van der Waals surface area contributed by atoms with Gasteiger partial charge in [-0.1, -0.05) is 18.2 Å².